The van der Waals surface area contributed by atoms with Crippen LogP contribution in [0.15, 0.2) is 60.9 Å². The number of nitrogens with one attached hydrogen (secondary N) is 1. The molecule has 0 bridgehead atoms. The van der Waals surface area contributed by atoms with E-state index in [1.807, 2.05) is 29.8 Å². The van der Waals surface area contributed by atoms with E-state index in [4.69, 9.17) is 4.74 Å². The minimum Gasteiger partial charge on any atom is -0.494 e. The van der Waals surface area contributed by atoms with Crippen molar-refractivity contribution in [2.45, 2.75) is 25.4 Å². The Morgan fingerprint density at radius 1 is 1.08 bits per heavy atom. The number of aromatic nitrogens is 3. The van der Waals surface area contributed by atoms with Gasteiger partial charge in [-0.05, 0) is 36.6 Å². The second-order valence-corrected chi connectivity index (χ2v) is 5.89. The lowest BCUT2D eigenvalue weighted by atomic mass is 9.93. The number of benzene rings is 2. The van der Waals surface area contributed by atoms with E-state index in [2.05, 4.69) is 51.8 Å². The summed E-state index contributed by atoms with van der Waals surface area (Å²) in [5.74, 6) is 1.71. The predicted octanol–water partition coefficient (Wildman–Crippen LogP) is 3.82. The standard InChI is InChI=1S/C19H20N4O/c1-2-24-16-10-8-15(9-11-16)18-12-17(14-6-4-3-5-7-14)22-19-20-13-21-23(18)19/h3-11,13,17-18H,2,12H2,1H3,(H,20,21,22)/t17-,18+/m0/s1. The molecule has 1 aliphatic heterocycles. The topological polar surface area (TPSA) is 52.0 Å². The highest BCUT2D eigenvalue weighted by molar-refractivity contribution is 5.39. The molecular weight excluding hydrogens is 300 g/mol. The van der Waals surface area contributed by atoms with Crippen molar-refractivity contribution in [1.82, 2.24) is 14.8 Å². The summed E-state index contributed by atoms with van der Waals surface area (Å²) in [7, 11) is 0. The number of hydrogen-bond acceptors (Lipinski definition) is 4. The fraction of sp³-hybridized carbons (Fsp3) is 0.263. The summed E-state index contributed by atoms with van der Waals surface area (Å²) in [6.07, 6.45) is 2.53. The van der Waals surface area contributed by atoms with Gasteiger partial charge in [0.15, 0.2) is 0 Å². The number of anilines is 1. The average molecular weight is 320 g/mol. The third-order valence-electron chi connectivity index (χ3n) is 4.41. The molecule has 0 aliphatic carbocycles. The van der Waals surface area contributed by atoms with Crippen LogP contribution in [-0.2, 0) is 0 Å². The SMILES string of the molecule is CCOc1ccc([C@H]2C[C@@H](c3ccccc3)Nc3ncnn32)cc1. The smallest absolute Gasteiger partial charge is 0.222 e. The number of rotatable bonds is 4. The van der Waals surface area contributed by atoms with E-state index in [0.717, 1.165) is 18.1 Å². The van der Waals surface area contributed by atoms with E-state index < -0.39 is 0 Å². The van der Waals surface area contributed by atoms with Crippen molar-refractivity contribution in [2.24, 2.45) is 0 Å². The highest BCUT2D eigenvalue weighted by atomic mass is 16.5. The van der Waals surface area contributed by atoms with Crippen LogP contribution in [0.2, 0.25) is 0 Å². The number of nitrogens with zero attached hydrogens (tertiary/aromatic N) is 3. The largest absolute Gasteiger partial charge is 0.494 e. The highest BCUT2D eigenvalue weighted by Gasteiger charge is 2.29. The monoisotopic (exact) mass is 320 g/mol. The second kappa shape index (κ2) is 6.35. The third-order valence-corrected chi connectivity index (χ3v) is 4.41. The van der Waals surface area contributed by atoms with Gasteiger partial charge >= 0.3 is 0 Å². The Labute approximate surface area is 141 Å². The lowest BCUT2D eigenvalue weighted by Gasteiger charge is -2.31. The Hall–Kier alpha value is -2.82. The van der Waals surface area contributed by atoms with Gasteiger partial charge in [-0.1, -0.05) is 42.5 Å². The summed E-state index contributed by atoms with van der Waals surface area (Å²) >= 11 is 0. The quantitative estimate of drug-likeness (QED) is 0.794. The molecule has 1 N–H and O–H groups in total. The first-order chi connectivity index (χ1) is 11.8. The number of hydrogen-bond donors (Lipinski definition) is 1. The number of fused-ring (bicyclic) bond motifs is 1. The predicted molar refractivity (Wildman–Crippen MR) is 93.2 cm³/mol. The Morgan fingerprint density at radius 2 is 1.88 bits per heavy atom. The van der Waals surface area contributed by atoms with Gasteiger partial charge in [-0.3, -0.25) is 0 Å². The molecule has 0 unspecified atom stereocenters. The lowest BCUT2D eigenvalue weighted by Crippen LogP contribution is -2.28. The van der Waals surface area contributed by atoms with Crippen LogP contribution in [0.25, 0.3) is 0 Å². The minimum absolute atomic E-state index is 0.157. The van der Waals surface area contributed by atoms with E-state index in [1.54, 1.807) is 6.33 Å². The zero-order chi connectivity index (χ0) is 16.4. The Balaban J connectivity index is 1.66. The fourth-order valence-electron chi connectivity index (χ4n) is 3.25. The molecule has 0 amide bonds. The summed E-state index contributed by atoms with van der Waals surface area (Å²) in [6.45, 7) is 2.67. The van der Waals surface area contributed by atoms with Crippen LogP contribution in [-0.4, -0.2) is 21.4 Å². The molecule has 1 aromatic heterocycles. The van der Waals surface area contributed by atoms with Crippen molar-refractivity contribution in [3.63, 3.8) is 0 Å². The van der Waals surface area contributed by atoms with Gasteiger partial charge in [0.1, 0.15) is 12.1 Å². The van der Waals surface area contributed by atoms with Gasteiger partial charge < -0.3 is 10.1 Å². The molecule has 4 rings (SSSR count). The normalized spacial score (nSPS) is 19.4. The van der Waals surface area contributed by atoms with Crippen molar-refractivity contribution < 1.29 is 4.74 Å². The first kappa shape index (κ1) is 14.8. The molecule has 2 heterocycles. The van der Waals surface area contributed by atoms with Crippen LogP contribution in [0, 0.1) is 0 Å². The van der Waals surface area contributed by atoms with Crippen molar-refractivity contribution in [1.29, 1.82) is 0 Å². The van der Waals surface area contributed by atoms with Gasteiger partial charge in [0.2, 0.25) is 5.95 Å². The molecule has 0 saturated heterocycles. The van der Waals surface area contributed by atoms with Gasteiger partial charge in [0.05, 0.1) is 18.7 Å². The summed E-state index contributed by atoms with van der Waals surface area (Å²) in [4.78, 5) is 4.37. The van der Waals surface area contributed by atoms with Crippen LogP contribution in [0.5, 0.6) is 5.75 Å². The molecule has 122 valence electrons. The van der Waals surface area contributed by atoms with Gasteiger partial charge in [0, 0.05) is 0 Å². The first-order valence-electron chi connectivity index (χ1n) is 8.29. The Morgan fingerprint density at radius 3 is 2.62 bits per heavy atom. The molecule has 5 heteroatoms. The molecular formula is C19H20N4O. The van der Waals surface area contributed by atoms with Crippen molar-refractivity contribution in [3.05, 3.63) is 72.1 Å². The van der Waals surface area contributed by atoms with E-state index in [9.17, 15) is 0 Å². The molecule has 0 saturated carbocycles. The van der Waals surface area contributed by atoms with Crippen LogP contribution in [0.4, 0.5) is 5.95 Å². The Kier molecular flexibility index (Phi) is 3.91. The van der Waals surface area contributed by atoms with Gasteiger partial charge in [-0.25, -0.2) is 4.68 Å². The van der Waals surface area contributed by atoms with Crippen LogP contribution in [0.1, 0.15) is 36.6 Å². The van der Waals surface area contributed by atoms with E-state index in [0.29, 0.717) is 6.61 Å². The lowest BCUT2D eigenvalue weighted by molar-refractivity contribution is 0.340. The molecule has 24 heavy (non-hydrogen) atoms. The first-order valence-corrected chi connectivity index (χ1v) is 8.29. The summed E-state index contributed by atoms with van der Waals surface area (Å²) in [6, 6.07) is 19.2. The minimum atomic E-state index is 0.157. The van der Waals surface area contributed by atoms with Crippen LogP contribution in [0.3, 0.4) is 0 Å². The van der Waals surface area contributed by atoms with E-state index >= 15 is 0 Å². The molecule has 0 spiro atoms. The fourth-order valence-corrected chi connectivity index (χ4v) is 3.25. The Bertz CT molecular complexity index is 798. The maximum Gasteiger partial charge on any atom is 0.222 e. The average Bonchev–Trinajstić information content (AvgIpc) is 3.11. The summed E-state index contributed by atoms with van der Waals surface area (Å²) in [5, 5.41) is 7.90. The van der Waals surface area contributed by atoms with Crippen LogP contribution < -0.4 is 10.1 Å². The van der Waals surface area contributed by atoms with Gasteiger partial charge in [-0.15, -0.1) is 0 Å². The molecule has 3 aromatic rings. The second-order valence-electron chi connectivity index (χ2n) is 5.89. The maximum absolute atomic E-state index is 5.55. The van der Waals surface area contributed by atoms with E-state index in [1.165, 1.54) is 11.1 Å². The molecule has 2 aromatic carbocycles. The third kappa shape index (κ3) is 2.73. The van der Waals surface area contributed by atoms with Gasteiger partial charge in [0.25, 0.3) is 0 Å². The summed E-state index contributed by atoms with van der Waals surface area (Å²) < 4.78 is 7.51. The summed E-state index contributed by atoms with van der Waals surface area (Å²) in [5.41, 5.74) is 2.48. The van der Waals surface area contributed by atoms with Crippen molar-refractivity contribution in [3.8, 4) is 5.75 Å². The zero-order valence-electron chi connectivity index (χ0n) is 13.6. The molecule has 0 fully saturated rings. The van der Waals surface area contributed by atoms with Crippen molar-refractivity contribution in [2.75, 3.05) is 11.9 Å². The highest BCUT2D eigenvalue weighted by Crippen LogP contribution is 2.37. The molecule has 2 atom stereocenters. The van der Waals surface area contributed by atoms with Crippen molar-refractivity contribution >= 4 is 5.95 Å². The maximum atomic E-state index is 5.55. The molecule has 5 nitrogen and oxygen atoms in total. The molecule has 1 aliphatic rings. The number of ether oxygens (including phenoxy) is 1. The zero-order valence-corrected chi connectivity index (χ0v) is 13.6. The van der Waals surface area contributed by atoms with E-state index in [-0.39, 0.29) is 12.1 Å². The molecule has 0 radical (unpaired) electrons. The van der Waals surface area contributed by atoms with Crippen LogP contribution >= 0.6 is 0 Å². The van der Waals surface area contributed by atoms with Gasteiger partial charge in [-0.2, -0.15) is 10.1 Å².